The van der Waals surface area contributed by atoms with Crippen molar-refractivity contribution in [2.24, 2.45) is 45.3 Å². The Hall–Kier alpha value is -8.51. The predicted molar refractivity (Wildman–Crippen MR) is 376 cm³/mol. The standard InChI is InChI=1S/C74H94Cl2N10O14/c1-41(2)31-55-69(91)98-58(14-12-16-62(88)83-54(36-47-23-30-60(96-10)52(76)34-47)68(90)79-39-73(5,6)71(93)84-55)50(66-65(100-66)49-24-18-44(37-77)19-25-49)28-17-42(3)32-56-70(92)97-57(43(4)63-64(99-63)48-26-20-45(21-27-48)38-81-86-78)13-11-15-61(87)82-53(35-46-22-29-59(95-9)51(75)33-46)67(89)80-40-74(7,8)72(94)85-56/h11-12,15-16,18-27,29-30,33-34,41-43,50,53-58,63-66H,13-14,17,28,31-32,35-40,77H2,1-10H3,(H,79,90)(H,80,89)(H,82,87)(H,83,88)(H,84,93)(H,85,94)/b15-11+,16-12+/t42?,43-,50-,53+,54+,55-,56-,57-,58-,63+,64+,65+,66+/m0/s1. The summed E-state index contributed by atoms with van der Waals surface area (Å²) in [5.74, 6) is -5.67. The fraction of sp³-hybridized carbons (Fsp3) is 0.514. The summed E-state index contributed by atoms with van der Waals surface area (Å²) < 4.78 is 36.7. The lowest BCUT2D eigenvalue weighted by molar-refractivity contribution is -0.158. The summed E-state index contributed by atoms with van der Waals surface area (Å²) in [4.78, 5) is 118. The zero-order valence-electron chi connectivity index (χ0n) is 58.4. The smallest absolute Gasteiger partial charge is 0.328 e. The van der Waals surface area contributed by atoms with E-state index < -0.39 is 125 Å². The lowest BCUT2D eigenvalue weighted by Gasteiger charge is -2.32. The highest BCUT2D eigenvalue weighted by molar-refractivity contribution is 6.32. The first-order chi connectivity index (χ1) is 47.6. The third-order valence-electron chi connectivity index (χ3n) is 18.8. The van der Waals surface area contributed by atoms with Crippen LogP contribution >= 0.6 is 23.2 Å². The van der Waals surface area contributed by atoms with E-state index in [1.165, 1.54) is 26.4 Å². The van der Waals surface area contributed by atoms with Gasteiger partial charge in [0.25, 0.3) is 0 Å². The Morgan fingerprint density at radius 2 is 1.04 bits per heavy atom. The molecule has 8 N–H and O–H groups in total. The van der Waals surface area contributed by atoms with E-state index in [-0.39, 0.29) is 76.1 Å². The van der Waals surface area contributed by atoms with Crippen LogP contribution in [0.3, 0.4) is 0 Å². The molecule has 0 bridgehead atoms. The second kappa shape index (κ2) is 35.2. The van der Waals surface area contributed by atoms with Gasteiger partial charge in [-0.1, -0.05) is 135 Å². The first kappa shape index (κ1) is 77.2. The molecule has 0 aromatic heterocycles. The molecule has 538 valence electrons. The first-order valence-electron chi connectivity index (χ1n) is 34.0. The van der Waals surface area contributed by atoms with Gasteiger partial charge in [-0.05, 0) is 134 Å². The van der Waals surface area contributed by atoms with Gasteiger partial charge >= 0.3 is 11.9 Å². The maximum Gasteiger partial charge on any atom is 0.328 e. The van der Waals surface area contributed by atoms with Gasteiger partial charge in [0.05, 0.1) is 53.8 Å². The molecule has 0 radical (unpaired) electrons. The van der Waals surface area contributed by atoms with Gasteiger partial charge in [0.15, 0.2) is 0 Å². The molecule has 4 aromatic rings. The summed E-state index contributed by atoms with van der Waals surface area (Å²) in [5, 5.41) is 21.5. The van der Waals surface area contributed by atoms with Crippen molar-refractivity contribution in [3.8, 4) is 11.5 Å². The average Bonchev–Trinajstić information content (AvgIpc) is 1.63. The number of ether oxygens (including phenoxy) is 6. The van der Waals surface area contributed by atoms with Crippen molar-refractivity contribution in [3.05, 3.63) is 163 Å². The fourth-order valence-electron chi connectivity index (χ4n) is 12.4. The molecule has 100 heavy (non-hydrogen) atoms. The second-order valence-corrected chi connectivity index (χ2v) is 29.0. The molecule has 0 aliphatic carbocycles. The van der Waals surface area contributed by atoms with Crippen LogP contribution in [0.5, 0.6) is 11.5 Å². The van der Waals surface area contributed by atoms with Gasteiger partial charge in [0.1, 0.15) is 60.1 Å². The van der Waals surface area contributed by atoms with Gasteiger partial charge in [-0.2, -0.15) is 0 Å². The van der Waals surface area contributed by atoms with E-state index in [4.69, 9.17) is 62.9 Å². The molecule has 26 heteroatoms. The van der Waals surface area contributed by atoms with Crippen LogP contribution in [0.2, 0.25) is 10.0 Å². The lowest BCUT2D eigenvalue weighted by Crippen LogP contribution is -2.54. The minimum absolute atomic E-state index is 0.0210. The van der Waals surface area contributed by atoms with Crippen LogP contribution in [0.1, 0.15) is 140 Å². The summed E-state index contributed by atoms with van der Waals surface area (Å²) in [7, 11) is 2.96. The van der Waals surface area contributed by atoms with Crippen molar-refractivity contribution in [3.63, 3.8) is 0 Å². The number of methoxy groups -OCH3 is 2. The quantitative estimate of drug-likeness (QED) is 0.0127. The highest BCUT2D eigenvalue weighted by Gasteiger charge is 2.51. The van der Waals surface area contributed by atoms with E-state index in [1.54, 1.807) is 76.2 Å². The number of nitrogens with one attached hydrogen (secondary N) is 6. The number of cyclic esters (lactones) is 2. The summed E-state index contributed by atoms with van der Waals surface area (Å²) in [6, 6.07) is 20.5. The molecule has 1 unspecified atom stereocenters. The molecule has 13 atom stereocenters. The van der Waals surface area contributed by atoms with Crippen LogP contribution in [-0.2, 0) is 83.2 Å². The van der Waals surface area contributed by atoms with E-state index in [1.807, 2.05) is 76.2 Å². The zero-order valence-corrected chi connectivity index (χ0v) is 59.9. The van der Waals surface area contributed by atoms with E-state index in [9.17, 15) is 33.6 Å². The number of nitrogens with zero attached hydrogens (tertiary/aromatic N) is 3. The number of rotatable bonds is 22. The molecule has 0 spiro atoms. The molecule has 8 rings (SSSR count). The third kappa shape index (κ3) is 21.5. The molecule has 4 aromatic carbocycles. The molecule has 2 saturated heterocycles. The molecule has 24 nitrogen and oxygen atoms in total. The van der Waals surface area contributed by atoms with Crippen molar-refractivity contribution >= 4 is 70.6 Å². The van der Waals surface area contributed by atoms with Crippen molar-refractivity contribution in [1.82, 2.24) is 31.9 Å². The maximum absolute atomic E-state index is 15.2. The highest BCUT2D eigenvalue weighted by atomic mass is 35.5. The summed E-state index contributed by atoms with van der Waals surface area (Å²) in [5.41, 5.74) is 16.9. The average molecular weight is 1420 g/mol. The Morgan fingerprint density at radius 3 is 1.51 bits per heavy atom. The van der Waals surface area contributed by atoms with Gasteiger partial charge in [-0.3, -0.25) is 28.8 Å². The topological polar surface area (TPSA) is 345 Å². The van der Waals surface area contributed by atoms with Crippen LogP contribution in [0.4, 0.5) is 0 Å². The number of benzene rings is 4. The van der Waals surface area contributed by atoms with E-state index >= 15 is 4.79 Å². The zero-order chi connectivity index (χ0) is 72.6. The Kier molecular flexibility index (Phi) is 27.2. The van der Waals surface area contributed by atoms with Crippen LogP contribution in [0.15, 0.2) is 114 Å². The van der Waals surface area contributed by atoms with Crippen LogP contribution < -0.4 is 47.1 Å². The number of hydrogen-bond donors (Lipinski definition) is 7. The second-order valence-electron chi connectivity index (χ2n) is 28.1. The number of esters is 2. The number of azide groups is 1. The molecule has 4 aliphatic rings. The lowest BCUT2D eigenvalue weighted by atomic mass is 9.84. The monoisotopic (exact) mass is 1420 g/mol. The van der Waals surface area contributed by atoms with Gasteiger partial charge in [-0.25, -0.2) is 9.59 Å². The van der Waals surface area contributed by atoms with E-state index in [0.29, 0.717) is 52.1 Å². The molecular weight excluding hydrogens is 1320 g/mol. The molecule has 0 saturated carbocycles. The van der Waals surface area contributed by atoms with Crippen molar-refractivity contribution in [2.75, 3.05) is 27.3 Å². The van der Waals surface area contributed by atoms with Crippen molar-refractivity contribution < 1.29 is 66.8 Å². The van der Waals surface area contributed by atoms with Crippen molar-refractivity contribution in [1.29, 1.82) is 0 Å². The van der Waals surface area contributed by atoms with Gasteiger partial charge in [-0.15, -0.1) is 0 Å². The van der Waals surface area contributed by atoms with Gasteiger partial charge in [0.2, 0.25) is 35.4 Å². The Labute approximate surface area is 594 Å². The Balaban J connectivity index is 1.11. The molecule has 2 fully saturated rings. The maximum atomic E-state index is 15.2. The van der Waals surface area contributed by atoms with E-state index in [0.717, 1.165) is 22.3 Å². The predicted octanol–water partition coefficient (Wildman–Crippen LogP) is 9.42. The van der Waals surface area contributed by atoms with Crippen molar-refractivity contribution in [2.45, 2.75) is 181 Å². The van der Waals surface area contributed by atoms with Crippen LogP contribution in [0.25, 0.3) is 10.4 Å². The summed E-state index contributed by atoms with van der Waals surface area (Å²) in [6.07, 6.45) is 2.89. The third-order valence-corrected chi connectivity index (χ3v) is 19.4. The SMILES string of the molecule is COc1ccc(C[C@H]2NC(=O)/C=C/C[C@@H]([C@H](C)[C@H]3O[C@@H]3c3ccc(CN=[N+]=[N-])cc3)OC(=O)[C@H](CC(C)CC[C@H]([C@H]3O[C@@H]3c3ccc(CN)cc3)[C@@H]3C/C=C/C(=O)N[C@H](Cc4ccc(OC)c(Cl)c4)C(=O)NCC(C)(C)C(=O)N[C@@H](CC(C)C)C(=O)O3)NC(=O)C(C)(C)CNC2=O)cc1Cl. The Morgan fingerprint density at radius 1 is 0.590 bits per heavy atom. The highest BCUT2D eigenvalue weighted by Crippen LogP contribution is 2.48. The van der Waals surface area contributed by atoms with E-state index in [2.05, 4.69) is 41.9 Å². The molecular formula is C74H94Cl2N10O14. The number of carbonyl (C=O) groups is 8. The minimum atomic E-state index is -1.35. The van der Waals surface area contributed by atoms with Gasteiger partial charge in [0, 0.05) is 62.1 Å². The minimum Gasteiger partial charge on any atom is -0.495 e. The van der Waals surface area contributed by atoms with Crippen LogP contribution in [0, 0.1) is 34.5 Å². The number of amides is 6. The largest absolute Gasteiger partial charge is 0.495 e. The molecule has 4 aliphatic heterocycles. The molecule has 4 heterocycles. The Bertz CT molecular complexity index is 3690. The fourth-order valence-corrected chi connectivity index (χ4v) is 13.0. The number of halogens is 2. The number of epoxide rings is 2. The summed E-state index contributed by atoms with van der Waals surface area (Å²) in [6.45, 7) is 14.3. The summed E-state index contributed by atoms with van der Waals surface area (Å²) >= 11 is 13.0. The molecule has 6 amide bonds. The first-order valence-corrected chi connectivity index (χ1v) is 34.7. The van der Waals surface area contributed by atoms with Gasteiger partial charge < -0.3 is 66.1 Å². The number of hydrogen-bond acceptors (Lipinski definition) is 16. The number of carbonyl (C=O) groups excluding carboxylic acids is 8. The normalized spacial score (nSPS) is 26.2. The number of nitrogens with two attached hydrogens (primary N) is 1. The van der Waals surface area contributed by atoms with Crippen LogP contribution in [-0.4, -0.2) is 123 Å².